The predicted molar refractivity (Wildman–Crippen MR) is 145 cm³/mol. The van der Waals surface area contributed by atoms with E-state index in [1.54, 1.807) is 26.1 Å². The quantitative estimate of drug-likeness (QED) is 0.264. The van der Waals surface area contributed by atoms with Gasteiger partial charge in [-0.15, -0.1) is 5.10 Å². The summed E-state index contributed by atoms with van der Waals surface area (Å²) in [7, 11) is 1.53. The van der Waals surface area contributed by atoms with Crippen LogP contribution in [0.5, 0.6) is 0 Å². The lowest BCUT2D eigenvalue weighted by molar-refractivity contribution is -0.131. The minimum absolute atomic E-state index is 0.0484. The van der Waals surface area contributed by atoms with Crippen molar-refractivity contribution in [2.45, 2.75) is 32.9 Å². The first-order valence-corrected chi connectivity index (χ1v) is 13.2. The molecule has 4 rings (SSSR count). The number of likely N-dealkylation sites (N-methyl/N-ethyl adjacent to an activating group) is 2. The summed E-state index contributed by atoms with van der Waals surface area (Å²) in [5, 5.41) is 9.31. The van der Waals surface area contributed by atoms with Gasteiger partial charge in [-0.3, -0.25) is 14.7 Å². The molecule has 11 nitrogen and oxygen atoms in total. The van der Waals surface area contributed by atoms with Crippen molar-refractivity contribution >= 4 is 46.6 Å². The van der Waals surface area contributed by atoms with Crippen LogP contribution in [0.15, 0.2) is 30.6 Å². The summed E-state index contributed by atoms with van der Waals surface area (Å²) in [4.78, 5) is 31.8. The Labute approximate surface area is 239 Å². The molecule has 0 unspecified atom stereocenters. The van der Waals surface area contributed by atoms with Crippen molar-refractivity contribution in [1.29, 1.82) is 0 Å². The standard InChI is InChI=1S/C25H28Cl2F2N8O3/c1-4-35(7-6-31-34(3)22(38)12-18-19(26)9-15(2)32-24(18)27)23-20(28)10-16(11-21(23)29)37-14-17(40-25(37)39)13-36-8-5-30-33-36/h5,8-11,17,31H,4,6-7,12-14H2,1-3H3/t17-/m0/s1. The molecule has 1 N–H and O–H groups in total. The molecule has 1 fully saturated rings. The van der Waals surface area contributed by atoms with Crippen LogP contribution >= 0.6 is 23.2 Å². The summed E-state index contributed by atoms with van der Waals surface area (Å²) in [6, 6.07) is 3.83. The van der Waals surface area contributed by atoms with E-state index in [0.717, 1.165) is 12.1 Å². The van der Waals surface area contributed by atoms with Crippen LogP contribution in [0.3, 0.4) is 0 Å². The van der Waals surface area contributed by atoms with Crippen LogP contribution in [0, 0.1) is 18.6 Å². The summed E-state index contributed by atoms with van der Waals surface area (Å²) >= 11 is 12.4. The molecule has 0 spiro atoms. The Kier molecular flexibility index (Phi) is 9.38. The zero-order valence-corrected chi connectivity index (χ0v) is 23.6. The number of hydrogen-bond acceptors (Lipinski definition) is 8. The van der Waals surface area contributed by atoms with E-state index in [1.807, 2.05) is 0 Å². The van der Waals surface area contributed by atoms with Gasteiger partial charge < -0.3 is 9.64 Å². The van der Waals surface area contributed by atoms with Crippen LogP contribution in [0.25, 0.3) is 0 Å². The Hall–Kier alpha value is -3.55. The van der Waals surface area contributed by atoms with Crippen LogP contribution in [-0.4, -0.2) is 76.3 Å². The van der Waals surface area contributed by atoms with E-state index in [-0.39, 0.29) is 55.0 Å². The van der Waals surface area contributed by atoms with Crippen LogP contribution < -0.4 is 15.2 Å². The maximum absolute atomic E-state index is 15.2. The SMILES string of the molecule is CCN(CCNN(C)C(=O)Cc1c(Cl)cc(C)nc1Cl)c1c(F)cc(N2C[C@H](Cn3ccnn3)OC2=O)cc1F. The highest BCUT2D eigenvalue weighted by atomic mass is 35.5. The van der Waals surface area contributed by atoms with Crippen molar-refractivity contribution in [1.82, 2.24) is 30.4 Å². The number of halogens is 4. The second kappa shape index (κ2) is 12.7. The third-order valence-corrected chi connectivity index (χ3v) is 6.98. The molecule has 0 saturated carbocycles. The Balaban J connectivity index is 1.36. The molecule has 1 aromatic carbocycles. The van der Waals surface area contributed by atoms with Gasteiger partial charge in [0.25, 0.3) is 0 Å². The molecule has 3 aromatic rings. The van der Waals surface area contributed by atoms with Gasteiger partial charge in [0, 0.05) is 61.3 Å². The van der Waals surface area contributed by atoms with Crippen molar-refractivity contribution in [3.8, 4) is 0 Å². The van der Waals surface area contributed by atoms with E-state index < -0.39 is 23.8 Å². The molecule has 0 aliphatic carbocycles. The lowest BCUT2D eigenvalue weighted by Gasteiger charge is -2.27. The second-order valence-corrected chi connectivity index (χ2v) is 9.90. The van der Waals surface area contributed by atoms with Gasteiger partial charge in [0.15, 0.2) is 11.6 Å². The molecule has 1 aliphatic rings. The highest BCUT2D eigenvalue weighted by molar-refractivity contribution is 6.35. The number of carbonyl (C=O) groups excluding carboxylic acids is 2. The third-order valence-electron chi connectivity index (χ3n) is 6.33. The molecule has 0 bridgehead atoms. The zero-order valence-electron chi connectivity index (χ0n) is 22.1. The number of rotatable bonds is 11. The lowest BCUT2D eigenvalue weighted by atomic mass is 10.2. The molecule has 15 heteroatoms. The van der Waals surface area contributed by atoms with Crippen molar-refractivity contribution in [3.63, 3.8) is 0 Å². The van der Waals surface area contributed by atoms with Gasteiger partial charge in [-0.05, 0) is 19.9 Å². The number of benzene rings is 1. The maximum Gasteiger partial charge on any atom is 0.414 e. The number of nitrogens with one attached hydrogen (secondary N) is 1. The first-order chi connectivity index (χ1) is 19.1. The molecular weight excluding hydrogens is 569 g/mol. The van der Waals surface area contributed by atoms with Crippen molar-refractivity contribution in [2.75, 3.05) is 43.0 Å². The molecule has 40 heavy (non-hydrogen) atoms. The fourth-order valence-corrected chi connectivity index (χ4v) is 4.96. The van der Waals surface area contributed by atoms with Crippen LogP contribution in [0.2, 0.25) is 10.2 Å². The minimum atomic E-state index is -0.829. The maximum atomic E-state index is 15.2. The Morgan fingerprint density at radius 3 is 2.60 bits per heavy atom. The molecule has 0 radical (unpaired) electrons. The number of ether oxygens (including phenoxy) is 1. The summed E-state index contributed by atoms with van der Waals surface area (Å²) in [5.41, 5.74) is 3.78. The smallest absolute Gasteiger partial charge is 0.414 e. The first kappa shape index (κ1) is 29.4. The Morgan fingerprint density at radius 2 is 1.98 bits per heavy atom. The van der Waals surface area contributed by atoms with E-state index in [2.05, 4.69) is 20.7 Å². The number of pyridine rings is 1. The predicted octanol–water partition coefficient (Wildman–Crippen LogP) is 3.62. The van der Waals surface area contributed by atoms with Gasteiger partial charge in [0.05, 0.1) is 31.4 Å². The molecule has 1 atom stereocenters. The number of nitrogens with zero attached hydrogens (tertiary/aromatic N) is 7. The highest BCUT2D eigenvalue weighted by Gasteiger charge is 2.34. The van der Waals surface area contributed by atoms with Crippen molar-refractivity contribution < 1.29 is 23.1 Å². The van der Waals surface area contributed by atoms with E-state index in [1.165, 1.54) is 32.7 Å². The first-order valence-electron chi connectivity index (χ1n) is 12.4. The minimum Gasteiger partial charge on any atom is -0.442 e. The van der Waals surface area contributed by atoms with Gasteiger partial charge in [-0.2, -0.15) is 0 Å². The Bertz CT molecular complexity index is 1330. The number of anilines is 2. The number of aryl methyl sites for hydroxylation is 1. The molecule has 2 aromatic heterocycles. The van der Waals surface area contributed by atoms with Gasteiger partial charge in [0.1, 0.15) is 16.9 Å². The average molecular weight is 597 g/mol. The van der Waals surface area contributed by atoms with E-state index in [9.17, 15) is 9.59 Å². The van der Waals surface area contributed by atoms with Crippen LogP contribution in [0.4, 0.5) is 25.0 Å². The fourth-order valence-electron chi connectivity index (χ4n) is 4.30. The number of hydrazine groups is 1. The van der Waals surface area contributed by atoms with Gasteiger partial charge in [-0.25, -0.2) is 28.7 Å². The van der Waals surface area contributed by atoms with Gasteiger partial charge >= 0.3 is 6.09 Å². The second-order valence-electron chi connectivity index (χ2n) is 9.13. The summed E-state index contributed by atoms with van der Waals surface area (Å²) in [6.07, 6.45) is 1.80. The normalized spacial score (nSPS) is 14.9. The van der Waals surface area contributed by atoms with Gasteiger partial charge in [-0.1, -0.05) is 28.4 Å². The Morgan fingerprint density at radius 1 is 1.25 bits per heavy atom. The van der Waals surface area contributed by atoms with Crippen molar-refractivity contribution in [2.24, 2.45) is 0 Å². The molecule has 3 heterocycles. The van der Waals surface area contributed by atoms with Crippen LogP contribution in [-0.2, 0) is 22.5 Å². The lowest BCUT2D eigenvalue weighted by Crippen LogP contribution is -2.44. The van der Waals surface area contributed by atoms with Crippen molar-refractivity contribution in [3.05, 3.63) is 63.7 Å². The number of hydrogen-bond donors (Lipinski definition) is 1. The molecular formula is C25H28Cl2F2N8O3. The summed E-state index contributed by atoms with van der Waals surface area (Å²) in [6.45, 7) is 4.54. The number of aromatic nitrogens is 4. The fraction of sp³-hybridized carbons (Fsp3) is 0.400. The third kappa shape index (κ3) is 6.77. The average Bonchev–Trinajstić information content (AvgIpc) is 3.53. The molecule has 1 aliphatic heterocycles. The number of cyclic esters (lactones) is 1. The van der Waals surface area contributed by atoms with E-state index in [4.69, 9.17) is 27.9 Å². The summed E-state index contributed by atoms with van der Waals surface area (Å²) < 4.78 is 37.2. The highest BCUT2D eigenvalue weighted by Crippen LogP contribution is 2.31. The topological polar surface area (TPSA) is 109 Å². The van der Waals surface area contributed by atoms with E-state index in [0.29, 0.717) is 22.8 Å². The largest absolute Gasteiger partial charge is 0.442 e. The number of carbonyl (C=O) groups is 2. The monoisotopic (exact) mass is 596 g/mol. The van der Waals surface area contributed by atoms with Crippen LogP contribution in [0.1, 0.15) is 18.2 Å². The zero-order chi connectivity index (χ0) is 29.0. The van der Waals surface area contributed by atoms with E-state index >= 15 is 8.78 Å². The molecule has 214 valence electrons. The molecule has 1 saturated heterocycles. The molecule has 2 amide bonds. The number of amides is 2. The van der Waals surface area contributed by atoms with Gasteiger partial charge in [0.2, 0.25) is 5.91 Å². The summed E-state index contributed by atoms with van der Waals surface area (Å²) in [5.74, 6) is -1.98.